The second-order valence-electron chi connectivity index (χ2n) is 14.6. The number of rotatable bonds is 6. The minimum Gasteiger partial charge on any atom is -0.493 e. The minimum atomic E-state index is -0.428. The number of nitrogens with zero attached hydrogens (tertiary/aromatic N) is 1. The van der Waals surface area contributed by atoms with Crippen LogP contribution in [0, 0.1) is 10.8 Å². The molecule has 1 saturated carbocycles. The van der Waals surface area contributed by atoms with E-state index in [0.29, 0.717) is 42.0 Å². The molecule has 2 aromatic rings. The molecular formula is C37H43BrClNO4. The molecule has 6 rings (SSSR count). The Kier molecular flexibility index (Phi) is 8.55. The molecule has 234 valence electrons. The quantitative estimate of drug-likeness (QED) is 0.304. The van der Waals surface area contributed by atoms with Gasteiger partial charge in [0.2, 0.25) is 0 Å². The lowest BCUT2D eigenvalue weighted by Gasteiger charge is -2.52. The summed E-state index contributed by atoms with van der Waals surface area (Å²) in [5.74, 6) is 1.03. The molecule has 1 heterocycles. The second kappa shape index (κ2) is 12.0. The van der Waals surface area contributed by atoms with E-state index in [1.54, 1.807) is 7.11 Å². The molecular weight excluding hydrogens is 638 g/mol. The van der Waals surface area contributed by atoms with Gasteiger partial charge in [-0.3, -0.25) is 9.59 Å². The number of carbonyl (C=O) groups excluding carboxylic acids is 2. The molecule has 5 nitrogen and oxygen atoms in total. The third-order valence-corrected chi connectivity index (χ3v) is 10.6. The van der Waals surface area contributed by atoms with Crippen molar-refractivity contribution >= 4 is 39.1 Å². The number of Topliss-reactive ketones (excluding diaryl/α,β-unsaturated/α-hetero) is 2. The van der Waals surface area contributed by atoms with Crippen molar-refractivity contribution in [1.29, 1.82) is 0 Å². The Hall–Kier alpha value is -2.57. The summed E-state index contributed by atoms with van der Waals surface area (Å²) >= 11 is 9.84. The van der Waals surface area contributed by atoms with Crippen LogP contribution in [-0.2, 0) is 16.2 Å². The van der Waals surface area contributed by atoms with Crippen LogP contribution in [0.2, 0.25) is 5.02 Å². The van der Waals surface area contributed by atoms with Crippen LogP contribution in [0.25, 0.3) is 0 Å². The van der Waals surface area contributed by atoms with E-state index in [4.69, 9.17) is 21.1 Å². The smallest absolute Gasteiger partial charge is 0.175 e. The zero-order chi connectivity index (χ0) is 31.4. The molecule has 0 unspecified atom stereocenters. The molecule has 0 atom stereocenters. The highest BCUT2D eigenvalue weighted by Crippen LogP contribution is 2.56. The standard InChI is InChI=1S/C37H43BrClNO4/c1-36(2)17-27-33(29(41)19-36)32(34-28(18-37(3,4)20-30(34)42)40(27)25-9-7-6-8-10-25)23-15-26(38)35(31(16-23)43-5)44-21-22-11-13-24(39)14-12-22/h11-16,25,32H,6-10,17-21H2,1-5H3. The zero-order valence-corrected chi connectivity index (χ0v) is 28.9. The van der Waals surface area contributed by atoms with E-state index in [-0.39, 0.29) is 22.4 Å². The van der Waals surface area contributed by atoms with Crippen molar-refractivity contribution in [3.05, 3.63) is 79.6 Å². The van der Waals surface area contributed by atoms with E-state index in [1.807, 2.05) is 36.4 Å². The summed E-state index contributed by atoms with van der Waals surface area (Å²) in [6.07, 6.45) is 8.42. The molecule has 1 aliphatic heterocycles. The van der Waals surface area contributed by atoms with Gasteiger partial charge in [0.15, 0.2) is 23.1 Å². The van der Waals surface area contributed by atoms with Crippen LogP contribution in [0.3, 0.4) is 0 Å². The fourth-order valence-electron chi connectivity index (χ4n) is 7.89. The van der Waals surface area contributed by atoms with Crippen LogP contribution in [0.1, 0.15) is 103 Å². The molecule has 0 bridgehead atoms. The number of hydrogen-bond acceptors (Lipinski definition) is 5. The van der Waals surface area contributed by atoms with Gasteiger partial charge in [-0.2, -0.15) is 0 Å². The molecule has 2 aromatic carbocycles. The monoisotopic (exact) mass is 679 g/mol. The van der Waals surface area contributed by atoms with Gasteiger partial charge in [-0.15, -0.1) is 0 Å². The summed E-state index contributed by atoms with van der Waals surface area (Å²) in [7, 11) is 1.63. The maximum atomic E-state index is 14.3. The van der Waals surface area contributed by atoms with Crippen molar-refractivity contribution in [1.82, 2.24) is 4.90 Å². The third kappa shape index (κ3) is 6.01. The van der Waals surface area contributed by atoms with Crippen molar-refractivity contribution in [3.8, 4) is 11.5 Å². The number of methoxy groups -OCH3 is 1. The Morgan fingerprint density at radius 3 is 1.98 bits per heavy atom. The molecule has 0 amide bonds. The number of benzene rings is 2. The van der Waals surface area contributed by atoms with Gasteiger partial charge in [0, 0.05) is 52.4 Å². The SMILES string of the molecule is COc1cc(C2C3=C(CC(C)(C)CC3=O)N(C3CCCCC3)C3=C2C(=O)CC(C)(C)C3)cc(Br)c1OCc1ccc(Cl)cc1. The van der Waals surface area contributed by atoms with E-state index in [9.17, 15) is 9.59 Å². The lowest BCUT2D eigenvalue weighted by Crippen LogP contribution is -2.48. The highest BCUT2D eigenvalue weighted by Gasteiger charge is 2.50. The van der Waals surface area contributed by atoms with Crippen molar-refractivity contribution in [2.24, 2.45) is 10.8 Å². The molecule has 44 heavy (non-hydrogen) atoms. The Balaban J connectivity index is 1.50. The molecule has 0 N–H and O–H groups in total. The maximum absolute atomic E-state index is 14.3. The minimum absolute atomic E-state index is 0.142. The van der Waals surface area contributed by atoms with E-state index < -0.39 is 5.92 Å². The summed E-state index contributed by atoms with van der Waals surface area (Å²) in [6.45, 7) is 9.16. The van der Waals surface area contributed by atoms with Crippen LogP contribution >= 0.6 is 27.5 Å². The van der Waals surface area contributed by atoms with Crippen molar-refractivity contribution in [2.75, 3.05) is 7.11 Å². The predicted octanol–water partition coefficient (Wildman–Crippen LogP) is 9.71. The zero-order valence-electron chi connectivity index (χ0n) is 26.5. The summed E-state index contributed by atoms with van der Waals surface area (Å²) < 4.78 is 12.9. The Bertz CT molecular complexity index is 1490. The predicted molar refractivity (Wildman–Crippen MR) is 178 cm³/mol. The van der Waals surface area contributed by atoms with E-state index in [0.717, 1.165) is 63.8 Å². The normalized spacial score (nSPS) is 22.2. The van der Waals surface area contributed by atoms with Gasteiger partial charge >= 0.3 is 0 Å². The summed E-state index contributed by atoms with van der Waals surface area (Å²) in [6, 6.07) is 11.9. The number of ether oxygens (including phenoxy) is 2. The van der Waals surface area contributed by atoms with Gasteiger partial charge in [0.25, 0.3) is 0 Å². The number of hydrogen-bond donors (Lipinski definition) is 0. The topological polar surface area (TPSA) is 55.8 Å². The van der Waals surface area contributed by atoms with Gasteiger partial charge in [-0.05, 0) is 87.8 Å². The van der Waals surface area contributed by atoms with Crippen LogP contribution < -0.4 is 9.47 Å². The lowest BCUT2D eigenvalue weighted by atomic mass is 9.63. The van der Waals surface area contributed by atoms with Gasteiger partial charge < -0.3 is 14.4 Å². The molecule has 7 heteroatoms. The number of halogens is 2. The molecule has 3 aliphatic carbocycles. The van der Waals surface area contributed by atoms with Crippen LogP contribution in [-0.4, -0.2) is 29.6 Å². The average molecular weight is 681 g/mol. The fraction of sp³-hybridized carbons (Fsp3) is 0.514. The van der Waals surface area contributed by atoms with Crippen molar-refractivity contribution in [3.63, 3.8) is 0 Å². The Morgan fingerprint density at radius 1 is 0.864 bits per heavy atom. The molecule has 1 fully saturated rings. The van der Waals surface area contributed by atoms with Crippen LogP contribution in [0.5, 0.6) is 11.5 Å². The van der Waals surface area contributed by atoms with Crippen molar-refractivity contribution in [2.45, 2.75) is 104 Å². The first-order valence-electron chi connectivity index (χ1n) is 15.9. The first kappa shape index (κ1) is 31.4. The first-order valence-corrected chi connectivity index (χ1v) is 17.1. The highest BCUT2D eigenvalue weighted by atomic mass is 79.9. The summed E-state index contributed by atoms with van der Waals surface area (Å²) in [4.78, 5) is 31.0. The molecule has 0 aromatic heterocycles. The Labute approximate surface area is 275 Å². The van der Waals surface area contributed by atoms with Gasteiger partial charge in [-0.25, -0.2) is 0 Å². The van der Waals surface area contributed by atoms with Gasteiger partial charge in [0.05, 0.1) is 11.6 Å². The summed E-state index contributed by atoms with van der Waals surface area (Å²) in [5, 5.41) is 0.676. The number of carbonyl (C=O) groups is 2. The van der Waals surface area contributed by atoms with Gasteiger partial charge in [-0.1, -0.05) is 70.7 Å². The summed E-state index contributed by atoms with van der Waals surface area (Å²) in [5.41, 5.74) is 5.50. The van der Waals surface area contributed by atoms with E-state index in [2.05, 4.69) is 48.5 Å². The molecule has 0 radical (unpaired) electrons. The lowest BCUT2D eigenvalue weighted by molar-refractivity contribution is -0.119. The molecule has 0 saturated heterocycles. The highest BCUT2D eigenvalue weighted by molar-refractivity contribution is 9.10. The average Bonchev–Trinajstić information content (AvgIpc) is 2.95. The number of ketones is 2. The maximum Gasteiger partial charge on any atom is 0.175 e. The first-order chi connectivity index (χ1) is 20.9. The largest absolute Gasteiger partial charge is 0.493 e. The van der Waals surface area contributed by atoms with E-state index in [1.165, 1.54) is 19.3 Å². The van der Waals surface area contributed by atoms with Crippen LogP contribution in [0.15, 0.2) is 63.4 Å². The third-order valence-electron chi connectivity index (χ3n) is 9.77. The molecule has 4 aliphatic rings. The van der Waals surface area contributed by atoms with Gasteiger partial charge in [0.1, 0.15) is 6.61 Å². The van der Waals surface area contributed by atoms with E-state index >= 15 is 0 Å². The van der Waals surface area contributed by atoms with Crippen molar-refractivity contribution < 1.29 is 19.1 Å². The van der Waals surface area contributed by atoms with Crippen LogP contribution in [0.4, 0.5) is 0 Å². The fourth-order valence-corrected chi connectivity index (χ4v) is 8.59. The number of allylic oxidation sites excluding steroid dienone is 4. The second-order valence-corrected chi connectivity index (χ2v) is 15.9. The Morgan fingerprint density at radius 2 is 1.43 bits per heavy atom. The molecule has 0 spiro atoms.